The highest BCUT2D eigenvalue weighted by Gasteiger charge is 2.26. The second-order valence-corrected chi connectivity index (χ2v) is 8.90. The number of anilines is 1. The standard InChI is InChI=1S/C25H29N5O2/c1-18-4-6-21(7-5-18)27-25(32)29-13-8-19(9-14-29)20-10-15-30-23(16-20)22(17-26-30)24(31)28-11-2-3-12-28/h4-7,10,15-17,19H,2-3,8-9,11-14H2,1H3,(H,27,32). The number of amides is 3. The normalized spacial score (nSPS) is 17.2. The van der Waals surface area contributed by atoms with Gasteiger partial charge in [-0.2, -0.15) is 5.10 Å². The van der Waals surface area contributed by atoms with Crippen LogP contribution in [0.3, 0.4) is 0 Å². The van der Waals surface area contributed by atoms with Crippen LogP contribution < -0.4 is 5.32 Å². The summed E-state index contributed by atoms with van der Waals surface area (Å²) in [5, 5.41) is 7.38. The van der Waals surface area contributed by atoms with Crippen LogP contribution in [0.2, 0.25) is 0 Å². The second-order valence-electron chi connectivity index (χ2n) is 8.90. The zero-order valence-electron chi connectivity index (χ0n) is 18.5. The Morgan fingerprint density at radius 3 is 2.41 bits per heavy atom. The van der Waals surface area contributed by atoms with E-state index in [0.29, 0.717) is 24.6 Å². The number of aryl methyl sites for hydroxylation is 1. The summed E-state index contributed by atoms with van der Waals surface area (Å²) in [5.74, 6) is 0.449. The number of fused-ring (bicyclic) bond motifs is 1. The minimum Gasteiger partial charge on any atom is -0.339 e. The fraction of sp³-hybridized carbons (Fsp3) is 0.400. The molecule has 0 aliphatic carbocycles. The van der Waals surface area contributed by atoms with E-state index in [-0.39, 0.29) is 11.9 Å². The highest BCUT2D eigenvalue weighted by molar-refractivity contribution is 6.00. The van der Waals surface area contributed by atoms with E-state index >= 15 is 0 Å². The van der Waals surface area contributed by atoms with Gasteiger partial charge in [-0.15, -0.1) is 0 Å². The van der Waals surface area contributed by atoms with Crippen LogP contribution in [0.5, 0.6) is 0 Å². The number of likely N-dealkylation sites (tertiary alicyclic amines) is 2. The summed E-state index contributed by atoms with van der Waals surface area (Å²) < 4.78 is 1.79. The molecule has 0 unspecified atom stereocenters. The number of rotatable bonds is 3. The Hall–Kier alpha value is -3.35. The molecule has 166 valence electrons. The summed E-state index contributed by atoms with van der Waals surface area (Å²) >= 11 is 0. The summed E-state index contributed by atoms with van der Waals surface area (Å²) in [6.07, 6.45) is 7.60. The Kier molecular flexibility index (Phi) is 5.55. The first-order valence-electron chi connectivity index (χ1n) is 11.5. The first-order chi connectivity index (χ1) is 15.6. The van der Waals surface area contributed by atoms with E-state index in [1.165, 1.54) is 11.1 Å². The molecule has 1 aromatic carbocycles. The lowest BCUT2D eigenvalue weighted by Gasteiger charge is -2.32. The Morgan fingerprint density at radius 1 is 0.969 bits per heavy atom. The molecule has 2 aliphatic heterocycles. The molecule has 0 bridgehead atoms. The summed E-state index contributed by atoms with van der Waals surface area (Å²) in [5.41, 5.74) is 4.77. The van der Waals surface area contributed by atoms with E-state index in [2.05, 4.69) is 22.5 Å². The van der Waals surface area contributed by atoms with Crippen molar-refractivity contribution in [1.29, 1.82) is 0 Å². The molecule has 2 fully saturated rings. The van der Waals surface area contributed by atoms with Gasteiger partial charge in [-0.05, 0) is 68.4 Å². The lowest BCUT2D eigenvalue weighted by molar-refractivity contribution is 0.0794. The number of urea groups is 1. The average Bonchev–Trinajstić information content (AvgIpc) is 3.50. The van der Waals surface area contributed by atoms with Crippen LogP contribution in [-0.2, 0) is 0 Å². The molecule has 1 N–H and O–H groups in total. The first kappa shape index (κ1) is 20.5. The number of hydrogen-bond acceptors (Lipinski definition) is 3. The highest BCUT2D eigenvalue weighted by atomic mass is 16.2. The van der Waals surface area contributed by atoms with Gasteiger partial charge < -0.3 is 15.1 Å². The van der Waals surface area contributed by atoms with E-state index in [0.717, 1.165) is 50.0 Å². The van der Waals surface area contributed by atoms with Gasteiger partial charge in [-0.1, -0.05) is 17.7 Å². The lowest BCUT2D eigenvalue weighted by Crippen LogP contribution is -2.40. The van der Waals surface area contributed by atoms with E-state index in [1.807, 2.05) is 47.2 Å². The van der Waals surface area contributed by atoms with Crippen LogP contribution in [-0.4, -0.2) is 57.5 Å². The van der Waals surface area contributed by atoms with Gasteiger partial charge in [-0.25, -0.2) is 9.31 Å². The maximum Gasteiger partial charge on any atom is 0.321 e. The lowest BCUT2D eigenvalue weighted by atomic mass is 9.89. The third-order valence-corrected chi connectivity index (χ3v) is 6.73. The van der Waals surface area contributed by atoms with Gasteiger partial charge in [0.1, 0.15) is 0 Å². The monoisotopic (exact) mass is 431 g/mol. The van der Waals surface area contributed by atoms with Crippen molar-refractivity contribution in [3.8, 4) is 0 Å². The molecule has 0 spiro atoms. The van der Waals surface area contributed by atoms with E-state index < -0.39 is 0 Å². The zero-order chi connectivity index (χ0) is 22.1. The number of hydrogen-bond donors (Lipinski definition) is 1. The third-order valence-electron chi connectivity index (χ3n) is 6.73. The van der Waals surface area contributed by atoms with E-state index in [1.54, 1.807) is 10.7 Å². The Bertz CT molecular complexity index is 1120. The first-order valence-corrected chi connectivity index (χ1v) is 11.5. The van der Waals surface area contributed by atoms with Crippen LogP contribution >= 0.6 is 0 Å². The highest BCUT2D eigenvalue weighted by Crippen LogP contribution is 2.30. The number of nitrogens with zero attached hydrogens (tertiary/aromatic N) is 4. The smallest absolute Gasteiger partial charge is 0.321 e. The SMILES string of the molecule is Cc1ccc(NC(=O)N2CCC(c3ccn4ncc(C(=O)N5CCCC5)c4c3)CC2)cc1. The summed E-state index contributed by atoms with van der Waals surface area (Å²) in [6, 6.07) is 12.0. The van der Waals surface area contributed by atoms with Crippen LogP contribution in [0.25, 0.3) is 5.52 Å². The van der Waals surface area contributed by atoms with Gasteiger partial charge in [-0.3, -0.25) is 4.79 Å². The molecule has 7 nitrogen and oxygen atoms in total. The molecule has 7 heteroatoms. The van der Waals surface area contributed by atoms with Crippen molar-refractivity contribution >= 4 is 23.1 Å². The van der Waals surface area contributed by atoms with Gasteiger partial charge >= 0.3 is 6.03 Å². The number of carbonyl (C=O) groups is 2. The predicted molar refractivity (Wildman–Crippen MR) is 124 cm³/mol. The maximum atomic E-state index is 12.9. The molecule has 0 saturated carbocycles. The van der Waals surface area contributed by atoms with Crippen molar-refractivity contribution in [3.05, 3.63) is 65.5 Å². The second kappa shape index (κ2) is 8.65. The number of pyridine rings is 1. The topological polar surface area (TPSA) is 70.0 Å². The number of piperidine rings is 1. The molecular formula is C25H29N5O2. The molecule has 2 aliphatic rings. The fourth-order valence-electron chi connectivity index (χ4n) is 4.76. The average molecular weight is 432 g/mol. The van der Waals surface area contributed by atoms with Crippen molar-refractivity contribution in [3.63, 3.8) is 0 Å². The van der Waals surface area contributed by atoms with Crippen molar-refractivity contribution in [1.82, 2.24) is 19.4 Å². The molecule has 3 aromatic rings. The van der Waals surface area contributed by atoms with Crippen LogP contribution in [0.1, 0.15) is 53.1 Å². The molecule has 2 aromatic heterocycles. The Balaban J connectivity index is 1.25. The van der Waals surface area contributed by atoms with Gasteiger partial charge in [0.15, 0.2) is 0 Å². The largest absolute Gasteiger partial charge is 0.339 e. The van der Waals surface area contributed by atoms with Crippen LogP contribution in [0.4, 0.5) is 10.5 Å². The van der Waals surface area contributed by atoms with Crippen molar-refractivity contribution in [2.24, 2.45) is 0 Å². The number of aromatic nitrogens is 2. The van der Waals surface area contributed by atoms with Gasteiger partial charge in [0.25, 0.3) is 5.91 Å². The maximum absolute atomic E-state index is 12.9. The number of carbonyl (C=O) groups excluding carboxylic acids is 2. The predicted octanol–water partition coefficient (Wildman–Crippen LogP) is 4.29. The molecule has 0 atom stereocenters. The minimum atomic E-state index is -0.0444. The summed E-state index contributed by atoms with van der Waals surface area (Å²) in [4.78, 5) is 29.4. The Morgan fingerprint density at radius 2 is 1.69 bits per heavy atom. The molecule has 2 saturated heterocycles. The van der Waals surface area contributed by atoms with Crippen molar-refractivity contribution < 1.29 is 9.59 Å². The molecule has 32 heavy (non-hydrogen) atoms. The van der Waals surface area contributed by atoms with Gasteiger partial charge in [0.2, 0.25) is 0 Å². The third kappa shape index (κ3) is 4.07. The molecule has 0 radical (unpaired) electrons. The van der Waals surface area contributed by atoms with Crippen molar-refractivity contribution in [2.45, 2.75) is 38.5 Å². The van der Waals surface area contributed by atoms with E-state index in [9.17, 15) is 9.59 Å². The number of benzene rings is 1. The molecule has 3 amide bonds. The molecular weight excluding hydrogens is 402 g/mol. The quantitative estimate of drug-likeness (QED) is 0.673. The molecule has 5 rings (SSSR count). The van der Waals surface area contributed by atoms with Gasteiger partial charge in [0.05, 0.1) is 17.3 Å². The summed E-state index contributed by atoms with van der Waals surface area (Å²) in [6.45, 7) is 5.12. The Labute approximate surface area is 188 Å². The molecule has 4 heterocycles. The van der Waals surface area contributed by atoms with Crippen LogP contribution in [0, 0.1) is 6.92 Å². The zero-order valence-corrected chi connectivity index (χ0v) is 18.5. The summed E-state index contributed by atoms with van der Waals surface area (Å²) in [7, 11) is 0. The van der Waals surface area contributed by atoms with E-state index in [4.69, 9.17) is 0 Å². The van der Waals surface area contributed by atoms with Gasteiger partial charge in [0, 0.05) is 38.1 Å². The fourth-order valence-corrected chi connectivity index (χ4v) is 4.76. The number of nitrogens with one attached hydrogen (secondary N) is 1. The van der Waals surface area contributed by atoms with Crippen molar-refractivity contribution in [2.75, 3.05) is 31.5 Å². The minimum absolute atomic E-state index is 0.0444. The van der Waals surface area contributed by atoms with Crippen LogP contribution in [0.15, 0.2) is 48.8 Å².